The van der Waals surface area contributed by atoms with E-state index < -0.39 is 29.0 Å². The predicted octanol–water partition coefficient (Wildman–Crippen LogP) is 6.95. The summed E-state index contributed by atoms with van der Waals surface area (Å²) in [6, 6.07) is 19.5. The third-order valence-corrected chi connectivity index (χ3v) is 11.0. The number of benzene rings is 2. The molecule has 0 amide bonds. The van der Waals surface area contributed by atoms with Gasteiger partial charge in [-0.3, -0.25) is 0 Å². The van der Waals surface area contributed by atoms with Crippen molar-refractivity contribution in [1.82, 2.24) is 0 Å². The fourth-order valence-corrected chi connectivity index (χ4v) is 9.34. The highest BCUT2D eigenvalue weighted by Crippen LogP contribution is 2.75. The van der Waals surface area contributed by atoms with Crippen LogP contribution in [0.1, 0.15) is 52.7 Å². The normalized spacial score (nSPS) is 18.0. The zero-order valence-corrected chi connectivity index (χ0v) is 19.3. The topological polar surface area (TPSA) is 37.3 Å². The molecular weight excluding hydrogens is 375 g/mol. The molecule has 0 spiro atoms. The van der Waals surface area contributed by atoms with Crippen LogP contribution in [0.4, 0.5) is 0 Å². The molecule has 1 atom stereocenters. The second-order valence-electron chi connectivity index (χ2n) is 9.90. The van der Waals surface area contributed by atoms with Crippen LogP contribution in [0.5, 0.6) is 0 Å². The molecule has 2 aromatic rings. The van der Waals surface area contributed by atoms with Crippen molar-refractivity contribution < 1.29 is 9.67 Å². The lowest BCUT2D eigenvalue weighted by atomic mass is 9.76. The van der Waals surface area contributed by atoms with Crippen LogP contribution in [0, 0.1) is 5.92 Å². The van der Waals surface area contributed by atoms with E-state index in [2.05, 4.69) is 41.5 Å². The van der Waals surface area contributed by atoms with E-state index in [1.54, 1.807) is 0 Å². The van der Waals surface area contributed by atoms with Crippen LogP contribution in [0.15, 0.2) is 84.2 Å². The van der Waals surface area contributed by atoms with E-state index in [4.69, 9.17) is 0 Å². The zero-order chi connectivity index (χ0) is 21.5. The van der Waals surface area contributed by atoms with E-state index in [1.807, 2.05) is 78.9 Å². The Morgan fingerprint density at radius 1 is 0.759 bits per heavy atom. The van der Waals surface area contributed by atoms with Gasteiger partial charge in [0.05, 0.1) is 0 Å². The van der Waals surface area contributed by atoms with Crippen LogP contribution in [-0.2, 0) is 10.2 Å². The summed E-state index contributed by atoms with van der Waals surface area (Å²) in [5, 5.41) is 12.3. The average Bonchev–Trinajstić information content (AvgIpc) is 3.17. The number of aliphatic hydroxyl groups is 1. The van der Waals surface area contributed by atoms with E-state index in [0.29, 0.717) is 0 Å². The Bertz CT molecular complexity index is 900. The van der Waals surface area contributed by atoms with Crippen molar-refractivity contribution in [3.63, 3.8) is 0 Å². The van der Waals surface area contributed by atoms with E-state index in [9.17, 15) is 9.67 Å². The number of allylic oxidation sites excluding steroid dienone is 2. The molecule has 3 heteroatoms. The molecule has 0 bridgehead atoms. The molecule has 154 valence electrons. The summed E-state index contributed by atoms with van der Waals surface area (Å²) in [5.41, 5.74) is 0.319. The largest absolute Gasteiger partial charge is 0.379 e. The molecule has 1 aliphatic rings. The Morgan fingerprint density at radius 2 is 1.17 bits per heavy atom. The van der Waals surface area contributed by atoms with Crippen LogP contribution in [0.25, 0.3) is 0 Å². The van der Waals surface area contributed by atoms with Crippen molar-refractivity contribution in [3.8, 4) is 0 Å². The van der Waals surface area contributed by atoms with Gasteiger partial charge in [0.2, 0.25) is 0 Å². The highest BCUT2D eigenvalue weighted by atomic mass is 31.2. The van der Waals surface area contributed by atoms with Gasteiger partial charge in [-0.1, -0.05) is 120 Å². The van der Waals surface area contributed by atoms with Crippen molar-refractivity contribution in [2.45, 2.75) is 57.5 Å². The Balaban J connectivity index is 2.26. The van der Waals surface area contributed by atoms with Crippen molar-refractivity contribution in [2.24, 2.45) is 5.92 Å². The van der Waals surface area contributed by atoms with Gasteiger partial charge >= 0.3 is 0 Å². The fraction of sp³-hybridized carbons (Fsp3) is 0.385. The Hall–Kier alpha value is -1.89. The smallest absolute Gasteiger partial charge is 0.125 e. The molecular formula is C26H33O2P. The first-order valence-corrected chi connectivity index (χ1v) is 12.0. The first-order valence-electron chi connectivity index (χ1n) is 10.3. The lowest BCUT2D eigenvalue weighted by molar-refractivity contribution is 0.0529. The maximum absolute atomic E-state index is 14.8. The molecule has 2 aromatic carbocycles. The van der Waals surface area contributed by atoms with Gasteiger partial charge in [0.15, 0.2) is 0 Å². The Morgan fingerprint density at radius 3 is 1.55 bits per heavy atom. The summed E-state index contributed by atoms with van der Waals surface area (Å²) >= 11 is 0. The van der Waals surface area contributed by atoms with Crippen molar-refractivity contribution >= 4 is 7.14 Å². The van der Waals surface area contributed by atoms with Crippen LogP contribution in [0.2, 0.25) is 0 Å². The molecule has 0 heterocycles. The minimum Gasteiger partial charge on any atom is -0.379 e. The molecule has 0 radical (unpaired) electrons. The number of hydrogen-bond donors (Lipinski definition) is 1. The Labute approximate surface area is 175 Å². The summed E-state index contributed by atoms with van der Waals surface area (Å²) in [7, 11) is -2.89. The summed E-state index contributed by atoms with van der Waals surface area (Å²) in [6.07, 6.45) is 5.96. The molecule has 0 aromatic heterocycles. The van der Waals surface area contributed by atoms with E-state index in [-0.39, 0.29) is 0 Å². The first kappa shape index (κ1) is 21.8. The highest BCUT2D eigenvalue weighted by molar-refractivity contribution is 7.71. The molecule has 2 nitrogen and oxygen atoms in total. The maximum Gasteiger partial charge on any atom is 0.125 e. The van der Waals surface area contributed by atoms with E-state index in [0.717, 1.165) is 16.4 Å². The molecule has 0 fully saturated rings. The van der Waals surface area contributed by atoms with Crippen molar-refractivity contribution in [3.05, 3.63) is 95.3 Å². The summed E-state index contributed by atoms with van der Waals surface area (Å²) in [4.78, 5) is 0. The summed E-state index contributed by atoms with van der Waals surface area (Å²) in [5.74, 6) is -0.392. The first-order chi connectivity index (χ1) is 13.4. The molecule has 1 N–H and O–H groups in total. The van der Waals surface area contributed by atoms with Crippen molar-refractivity contribution in [1.29, 1.82) is 0 Å². The van der Waals surface area contributed by atoms with E-state index >= 15 is 0 Å². The average molecular weight is 409 g/mol. The fourth-order valence-electron chi connectivity index (χ4n) is 4.81. The van der Waals surface area contributed by atoms with Crippen LogP contribution in [0.3, 0.4) is 0 Å². The maximum atomic E-state index is 14.8. The van der Waals surface area contributed by atoms with Gasteiger partial charge in [0.1, 0.15) is 12.7 Å². The van der Waals surface area contributed by atoms with Gasteiger partial charge in [-0.15, -0.1) is 0 Å². The van der Waals surface area contributed by atoms with E-state index in [1.165, 1.54) is 0 Å². The third kappa shape index (κ3) is 3.47. The monoisotopic (exact) mass is 408 g/mol. The minimum absolute atomic E-state index is 0.392. The summed E-state index contributed by atoms with van der Waals surface area (Å²) < 4.78 is 14.8. The molecule has 0 saturated carbocycles. The van der Waals surface area contributed by atoms with Gasteiger partial charge in [-0.05, 0) is 11.1 Å². The molecule has 0 saturated heterocycles. The van der Waals surface area contributed by atoms with Crippen molar-refractivity contribution in [2.75, 3.05) is 0 Å². The zero-order valence-electron chi connectivity index (χ0n) is 18.4. The van der Waals surface area contributed by atoms with Crippen LogP contribution >= 0.6 is 7.14 Å². The quantitative estimate of drug-likeness (QED) is 0.556. The third-order valence-electron chi connectivity index (χ3n) is 6.02. The van der Waals surface area contributed by atoms with Crippen LogP contribution < -0.4 is 0 Å². The number of rotatable bonds is 4. The standard InChI is InChI=1S/C26H33O2P/c1-24(2,3)29(28,25(4,5)6)23-19-13-18-22(23)26(27,20-14-9-7-10-15-20)21-16-11-8-12-17-21/h7-19,22,27H,1-6H3. The number of hydrogen-bond acceptors (Lipinski definition) is 2. The van der Waals surface area contributed by atoms with Gasteiger partial charge in [0.25, 0.3) is 0 Å². The highest BCUT2D eigenvalue weighted by Gasteiger charge is 2.55. The lowest BCUT2D eigenvalue weighted by Gasteiger charge is -2.46. The second kappa shape index (κ2) is 7.42. The van der Waals surface area contributed by atoms with Gasteiger partial charge in [-0.25, -0.2) is 0 Å². The molecule has 29 heavy (non-hydrogen) atoms. The van der Waals surface area contributed by atoms with Gasteiger partial charge < -0.3 is 9.67 Å². The molecule has 3 rings (SSSR count). The minimum atomic E-state index is -2.89. The van der Waals surface area contributed by atoms with Gasteiger partial charge in [0, 0.05) is 21.5 Å². The second-order valence-corrected chi connectivity index (χ2v) is 14.3. The van der Waals surface area contributed by atoms with Gasteiger partial charge in [-0.2, -0.15) is 0 Å². The molecule has 0 aliphatic heterocycles. The SMILES string of the molecule is CC(C)(C)P(=O)(C1=CC=CC1C(O)(c1ccccc1)c1ccccc1)C(C)(C)C. The molecule has 1 unspecified atom stereocenters. The summed E-state index contributed by atoms with van der Waals surface area (Å²) in [6.45, 7) is 12.3. The Kier molecular flexibility index (Phi) is 5.58. The predicted molar refractivity (Wildman–Crippen MR) is 124 cm³/mol. The molecule has 1 aliphatic carbocycles. The van der Waals surface area contributed by atoms with Crippen LogP contribution in [-0.4, -0.2) is 15.4 Å². The lowest BCUT2D eigenvalue weighted by Crippen LogP contribution is -2.39.